The molecule has 0 spiro atoms. The van der Waals surface area contributed by atoms with Crippen LogP contribution in [-0.2, 0) is 14.3 Å². The van der Waals surface area contributed by atoms with E-state index in [4.69, 9.17) is 9.47 Å². The van der Waals surface area contributed by atoms with Gasteiger partial charge in [-0.25, -0.2) is 0 Å². The first-order chi connectivity index (χ1) is 7.81. The molecule has 0 aromatic rings. The molecule has 2 saturated heterocycles. The third kappa shape index (κ3) is 2.83. The Kier molecular flexibility index (Phi) is 4.36. The fourth-order valence-electron chi connectivity index (χ4n) is 2.78. The molecule has 16 heavy (non-hydrogen) atoms. The number of ether oxygens (including phenoxy) is 2. The average Bonchev–Trinajstić information content (AvgIpc) is 2.96. The summed E-state index contributed by atoms with van der Waals surface area (Å²) < 4.78 is 11.1. The molecule has 0 aliphatic carbocycles. The minimum absolute atomic E-state index is 0.159. The number of hydrogen-bond donors (Lipinski definition) is 0. The summed E-state index contributed by atoms with van der Waals surface area (Å²) >= 11 is 0. The Hall–Kier alpha value is -0.410. The first kappa shape index (κ1) is 12.1. The summed E-state index contributed by atoms with van der Waals surface area (Å²) in [6.45, 7) is 3.73. The minimum atomic E-state index is 0.159. The van der Waals surface area contributed by atoms with Crippen LogP contribution in [0.2, 0.25) is 0 Å². The van der Waals surface area contributed by atoms with E-state index in [1.165, 1.54) is 0 Å². The van der Waals surface area contributed by atoms with Gasteiger partial charge in [0.05, 0.1) is 12.2 Å². The van der Waals surface area contributed by atoms with Crippen LogP contribution < -0.4 is 0 Å². The molecule has 2 aliphatic heterocycles. The fourth-order valence-corrected chi connectivity index (χ4v) is 2.78. The summed E-state index contributed by atoms with van der Waals surface area (Å²) in [7, 11) is 0. The summed E-state index contributed by atoms with van der Waals surface area (Å²) in [6.07, 6.45) is 6.26. The van der Waals surface area contributed by atoms with Crippen LogP contribution in [0.15, 0.2) is 0 Å². The summed E-state index contributed by atoms with van der Waals surface area (Å²) in [5.41, 5.74) is 0. The second-order valence-corrected chi connectivity index (χ2v) is 4.85. The smallest absolute Gasteiger partial charge is 0.138 e. The van der Waals surface area contributed by atoms with Gasteiger partial charge >= 0.3 is 0 Å². The molecule has 2 aliphatic rings. The maximum atomic E-state index is 12.0. The van der Waals surface area contributed by atoms with E-state index in [0.29, 0.717) is 18.3 Å². The number of hydrogen-bond acceptors (Lipinski definition) is 3. The maximum Gasteiger partial charge on any atom is 0.138 e. The van der Waals surface area contributed by atoms with Gasteiger partial charge in [-0.05, 0) is 32.1 Å². The highest BCUT2D eigenvalue weighted by Gasteiger charge is 2.32. The van der Waals surface area contributed by atoms with Crippen LogP contribution in [0.25, 0.3) is 0 Å². The highest BCUT2D eigenvalue weighted by molar-refractivity contribution is 5.81. The first-order valence-electron chi connectivity index (χ1n) is 6.57. The van der Waals surface area contributed by atoms with Crippen LogP contribution in [0.3, 0.4) is 0 Å². The third-order valence-corrected chi connectivity index (χ3v) is 3.76. The van der Waals surface area contributed by atoms with Gasteiger partial charge in [0.25, 0.3) is 0 Å². The predicted octanol–water partition coefficient (Wildman–Crippen LogP) is 2.33. The van der Waals surface area contributed by atoms with Crippen molar-refractivity contribution < 1.29 is 14.3 Å². The Bertz CT molecular complexity index is 233. The van der Waals surface area contributed by atoms with Gasteiger partial charge in [0.15, 0.2) is 0 Å². The van der Waals surface area contributed by atoms with Gasteiger partial charge < -0.3 is 9.47 Å². The standard InChI is InChI=1S/C13H22O3/c1-2-13-11(7-9-16-13)12(14)6-5-10-4-3-8-15-10/h10-11,13H,2-9H2,1H3. The molecule has 2 rings (SSSR count). The number of ketones is 1. The molecule has 3 nitrogen and oxygen atoms in total. The predicted molar refractivity (Wildman–Crippen MR) is 61.4 cm³/mol. The molecule has 0 N–H and O–H groups in total. The summed E-state index contributed by atoms with van der Waals surface area (Å²) in [5.74, 6) is 0.547. The zero-order valence-electron chi connectivity index (χ0n) is 10.1. The SMILES string of the molecule is CCC1OCCC1C(=O)CCC1CCCO1. The number of carbonyl (C=O) groups excluding carboxylic acids is 1. The maximum absolute atomic E-state index is 12.0. The molecule has 0 radical (unpaired) electrons. The first-order valence-corrected chi connectivity index (χ1v) is 6.57. The van der Waals surface area contributed by atoms with E-state index in [1.54, 1.807) is 0 Å². The topological polar surface area (TPSA) is 35.5 Å². The number of rotatable bonds is 5. The molecule has 2 fully saturated rings. The van der Waals surface area contributed by atoms with Gasteiger partial charge in [0, 0.05) is 25.6 Å². The van der Waals surface area contributed by atoms with Gasteiger partial charge in [0.1, 0.15) is 5.78 Å². The zero-order chi connectivity index (χ0) is 11.4. The van der Waals surface area contributed by atoms with Crippen molar-refractivity contribution in [2.24, 2.45) is 5.92 Å². The van der Waals surface area contributed by atoms with Gasteiger partial charge in [-0.2, -0.15) is 0 Å². The highest BCUT2D eigenvalue weighted by atomic mass is 16.5. The Balaban J connectivity index is 1.74. The van der Waals surface area contributed by atoms with E-state index in [9.17, 15) is 4.79 Å². The van der Waals surface area contributed by atoms with E-state index in [2.05, 4.69) is 6.92 Å². The van der Waals surface area contributed by atoms with Gasteiger partial charge in [-0.3, -0.25) is 4.79 Å². The molecule has 0 saturated carbocycles. The van der Waals surface area contributed by atoms with Crippen molar-refractivity contribution in [3.05, 3.63) is 0 Å². The number of Topliss-reactive ketones (excluding diaryl/α,β-unsaturated/α-hetero) is 1. The summed E-state index contributed by atoms with van der Waals surface area (Å²) in [5, 5.41) is 0. The third-order valence-electron chi connectivity index (χ3n) is 3.76. The summed E-state index contributed by atoms with van der Waals surface area (Å²) in [6, 6.07) is 0. The Labute approximate surface area is 97.5 Å². The van der Waals surface area contributed by atoms with Crippen LogP contribution in [-0.4, -0.2) is 31.2 Å². The lowest BCUT2D eigenvalue weighted by Crippen LogP contribution is -2.24. The lowest BCUT2D eigenvalue weighted by atomic mass is 9.91. The second kappa shape index (κ2) is 5.78. The highest BCUT2D eigenvalue weighted by Crippen LogP contribution is 2.27. The molecule has 92 valence electrons. The van der Waals surface area contributed by atoms with E-state index in [0.717, 1.165) is 45.3 Å². The second-order valence-electron chi connectivity index (χ2n) is 4.85. The van der Waals surface area contributed by atoms with Crippen molar-refractivity contribution in [2.45, 2.75) is 57.7 Å². The van der Waals surface area contributed by atoms with Crippen molar-refractivity contribution in [2.75, 3.05) is 13.2 Å². The van der Waals surface area contributed by atoms with E-state index in [1.807, 2.05) is 0 Å². The van der Waals surface area contributed by atoms with Crippen molar-refractivity contribution in [1.29, 1.82) is 0 Å². The molecule has 0 amide bonds. The fraction of sp³-hybridized carbons (Fsp3) is 0.923. The molecule has 3 heteroatoms. The van der Waals surface area contributed by atoms with Crippen LogP contribution in [0.1, 0.15) is 45.4 Å². The lowest BCUT2D eigenvalue weighted by molar-refractivity contribution is -0.125. The Morgan fingerprint density at radius 1 is 1.25 bits per heavy atom. The van der Waals surface area contributed by atoms with Crippen LogP contribution >= 0.6 is 0 Å². The molecule has 3 atom stereocenters. The lowest BCUT2D eigenvalue weighted by Gasteiger charge is -2.16. The zero-order valence-corrected chi connectivity index (χ0v) is 10.1. The average molecular weight is 226 g/mol. The van der Waals surface area contributed by atoms with Crippen molar-refractivity contribution in [3.63, 3.8) is 0 Å². The van der Waals surface area contributed by atoms with Gasteiger partial charge in [0.2, 0.25) is 0 Å². The van der Waals surface area contributed by atoms with Crippen LogP contribution in [0.4, 0.5) is 0 Å². The van der Waals surface area contributed by atoms with Gasteiger partial charge in [-0.1, -0.05) is 6.92 Å². The molecular formula is C13H22O3. The molecule has 0 aromatic carbocycles. The molecule has 0 aromatic heterocycles. The van der Waals surface area contributed by atoms with E-state index >= 15 is 0 Å². The van der Waals surface area contributed by atoms with Crippen LogP contribution in [0, 0.1) is 5.92 Å². The monoisotopic (exact) mass is 226 g/mol. The molecule has 0 bridgehead atoms. The molecule has 2 heterocycles. The quantitative estimate of drug-likeness (QED) is 0.721. The van der Waals surface area contributed by atoms with Crippen molar-refractivity contribution in [3.8, 4) is 0 Å². The van der Waals surface area contributed by atoms with Crippen molar-refractivity contribution in [1.82, 2.24) is 0 Å². The number of carbonyl (C=O) groups is 1. The van der Waals surface area contributed by atoms with E-state index in [-0.39, 0.29) is 12.0 Å². The minimum Gasteiger partial charge on any atom is -0.378 e. The largest absolute Gasteiger partial charge is 0.378 e. The molecular weight excluding hydrogens is 204 g/mol. The summed E-state index contributed by atoms with van der Waals surface area (Å²) in [4.78, 5) is 12.0. The molecule has 3 unspecified atom stereocenters. The van der Waals surface area contributed by atoms with Crippen molar-refractivity contribution >= 4 is 5.78 Å². The Morgan fingerprint density at radius 3 is 2.81 bits per heavy atom. The van der Waals surface area contributed by atoms with Crippen LogP contribution in [0.5, 0.6) is 0 Å². The normalized spacial score (nSPS) is 34.4. The Morgan fingerprint density at radius 2 is 2.12 bits per heavy atom. The van der Waals surface area contributed by atoms with Gasteiger partial charge in [-0.15, -0.1) is 0 Å². The van der Waals surface area contributed by atoms with E-state index < -0.39 is 0 Å².